The van der Waals surface area contributed by atoms with Crippen molar-refractivity contribution in [1.82, 2.24) is 0 Å². The standard InChI is InChI=1S/C20H20N2O3/c1-15-4-10-18(11-5-15)25-14-20(23)22-17-8-6-16(7-9-17)21-13-19-3-2-12-24-19/h2-12,21H,13-14H2,1H3,(H,22,23). The summed E-state index contributed by atoms with van der Waals surface area (Å²) in [6, 6.07) is 18.8. The maximum atomic E-state index is 12.0. The molecule has 0 fully saturated rings. The Morgan fingerprint density at radius 3 is 2.40 bits per heavy atom. The maximum Gasteiger partial charge on any atom is 0.262 e. The van der Waals surface area contributed by atoms with Gasteiger partial charge in [-0.15, -0.1) is 0 Å². The number of ether oxygens (including phenoxy) is 1. The van der Waals surface area contributed by atoms with Crippen LogP contribution in [-0.4, -0.2) is 12.5 Å². The smallest absolute Gasteiger partial charge is 0.262 e. The predicted molar refractivity (Wildman–Crippen MR) is 97.8 cm³/mol. The highest BCUT2D eigenvalue weighted by molar-refractivity contribution is 5.92. The van der Waals surface area contributed by atoms with E-state index in [1.54, 1.807) is 6.26 Å². The minimum atomic E-state index is -0.197. The van der Waals surface area contributed by atoms with Gasteiger partial charge >= 0.3 is 0 Å². The van der Waals surface area contributed by atoms with E-state index in [1.807, 2.05) is 67.6 Å². The molecule has 0 aliphatic heterocycles. The molecule has 1 aromatic heterocycles. The lowest BCUT2D eigenvalue weighted by Crippen LogP contribution is -2.20. The number of carbonyl (C=O) groups is 1. The van der Waals surface area contributed by atoms with E-state index in [1.165, 1.54) is 0 Å². The number of aryl methyl sites for hydroxylation is 1. The molecule has 0 saturated heterocycles. The number of hydrogen-bond donors (Lipinski definition) is 2. The highest BCUT2D eigenvalue weighted by atomic mass is 16.5. The Labute approximate surface area is 146 Å². The van der Waals surface area contributed by atoms with Crippen LogP contribution in [0.15, 0.2) is 71.3 Å². The van der Waals surface area contributed by atoms with E-state index in [4.69, 9.17) is 9.15 Å². The molecule has 0 bridgehead atoms. The number of anilines is 2. The monoisotopic (exact) mass is 336 g/mol. The van der Waals surface area contributed by atoms with Crippen LogP contribution in [-0.2, 0) is 11.3 Å². The summed E-state index contributed by atoms with van der Waals surface area (Å²) < 4.78 is 10.7. The summed E-state index contributed by atoms with van der Waals surface area (Å²) in [6.07, 6.45) is 1.65. The number of carbonyl (C=O) groups excluding carboxylic acids is 1. The van der Waals surface area contributed by atoms with E-state index >= 15 is 0 Å². The van der Waals surface area contributed by atoms with E-state index in [2.05, 4.69) is 10.6 Å². The predicted octanol–water partition coefficient (Wildman–Crippen LogP) is 4.22. The normalized spacial score (nSPS) is 10.3. The second kappa shape index (κ2) is 8.06. The van der Waals surface area contributed by atoms with E-state index in [0.717, 1.165) is 22.7 Å². The van der Waals surface area contributed by atoms with Crippen LogP contribution < -0.4 is 15.4 Å². The summed E-state index contributed by atoms with van der Waals surface area (Å²) in [5.41, 5.74) is 2.82. The average Bonchev–Trinajstić information content (AvgIpc) is 3.14. The lowest BCUT2D eigenvalue weighted by molar-refractivity contribution is -0.118. The summed E-state index contributed by atoms with van der Waals surface area (Å²) in [7, 11) is 0. The van der Waals surface area contributed by atoms with Crippen LogP contribution in [0, 0.1) is 6.92 Å². The van der Waals surface area contributed by atoms with Crippen molar-refractivity contribution in [1.29, 1.82) is 0 Å². The van der Waals surface area contributed by atoms with Crippen LogP contribution in [0.25, 0.3) is 0 Å². The molecule has 1 amide bonds. The third-order valence-corrected chi connectivity index (χ3v) is 3.61. The molecule has 25 heavy (non-hydrogen) atoms. The van der Waals surface area contributed by atoms with Crippen molar-refractivity contribution < 1.29 is 13.9 Å². The molecule has 0 atom stereocenters. The molecular weight excluding hydrogens is 316 g/mol. The van der Waals surface area contributed by atoms with E-state index in [-0.39, 0.29) is 12.5 Å². The minimum Gasteiger partial charge on any atom is -0.484 e. The van der Waals surface area contributed by atoms with Gasteiger partial charge in [0.15, 0.2) is 6.61 Å². The van der Waals surface area contributed by atoms with Gasteiger partial charge in [-0.1, -0.05) is 17.7 Å². The highest BCUT2D eigenvalue weighted by Crippen LogP contribution is 2.15. The molecule has 0 spiro atoms. The van der Waals surface area contributed by atoms with Crippen LogP contribution in [0.1, 0.15) is 11.3 Å². The molecule has 5 nitrogen and oxygen atoms in total. The molecule has 3 aromatic rings. The summed E-state index contributed by atoms with van der Waals surface area (Å²) >= 11 is 0. The molecule has 0 saturated carbocycles. The fourth-order valence-electron chi connectivity index (χ4n) is 2.25. The molecule has 0 unspecified atom stereocenters. The van der Waals surface area contributed by atoms with Crippen molar-refractivity contribution in [3.63, 3.8) is 0 Å². The molecule has 2 aromatic carbocycles. The van der Waals surface area contributed by atoms with Gasteiger partial charge in [0.05, 0.1) is 12.8 Å². The number of benzene rings is 2. The zero-order chi connectivity index (χ0) is 17.5. The molecule has 5 heteroatoms. The Bertz CT molecular complexity index is 794. The Hall–Kier alpha value is -3.21. The molecule has 1 heterocycles. The van der Waals surface area contributed by atoms with Gasteiger partial charge in [-0.2, -0.15) is 0 Å². The molecule has 0 aliphatic carbocycles. The molecule has 0 aliphatic rings. The SMILES string of the molecule is Cc1ccc(OCC(=O)Nc2ccc(NCc3ccco3)cc2)cc1. The van der Waals surface area contributed by atoms with E-state index in [0.29, 0.717) is 12.3 Å². The van der Waals surface area contributed by atoms with Gasteiger partial charge in [-0.25, -0.2) is 0 Å². The first kappa shape index (κ1) is 16.6. The van der Waals surface area contributed by atoms with Crippen molar-refractivity contribution in [2.75, 3.05) is 17.2 Å². The van der Waals surface area contributed by atoms with Crippen molar-refractivity contribution in [2.24, 2.45) is 0 Å². The zero-order valence-electron chi connectivity index (χ0n) is 14.0. The quantitative estimate of drug-likeness (QED) is 0.678. The van der Waals surface area contributed by atoms with Gasteiger partial charge in [0.1, 0.15) is 11.5 Å². The van der Waals surface area contributed by atoms with Crippen LogP contribution in [0.4, 0.5) is 11.4 Å². The topological polar surface area (TPSA) is 63.5 Å². The Morgan fingerprint density at radius 1 is 1.00 bits per heavy atom. The summed E-state index contributed by atoms with van der Waals surface area (Å²) in [6.45, 7) is 2.59. The summed E-state index contributed by atoms with van der Waals surface area (Å²) in [5.74, 6) is 1.35. The number of hydrogen-bond acceptors (Lipinski definition) is 4. The Morgan fingerprint density at radius 2 is 1.72 bits per heavy atom. The molecular formula is C20H20N2O3. The van der Waals surface area contributed by atoms with Crippen molar-refractivity contribution in [3.8, 4) is 5.75 Å². The Kier molecular flexibility index (Phi) is 5.36. The van der Waals surface area contributed by atoms with Gasteiger partial charge in [0.2, 0.25) is 0 Å². The van der Waals surface area contributed by atoms with Crippen molar-refractivity contribution >= 4 is 17.3 Å². The van der Waals surface area contributed by atoms with Gasteiger partial charge in [-0.05, 0) is 55.5 Å². The van der Waals surface area contributed by atoms with Gasteiger partial charge in [-0.3, -0.25) is 4.79 Å². The van der Waals surface area contributed by atoms with Gasteiger partial charge in [0, 0.05) is 11.4 Å². The Balaban J connectivity index is 1.45. The lowest BCUT2D eigenvalue weighted by atomic mass is 10.2. The summed E-state index contributed by atoms with van der Waals surface area (Å²) in [5, 5.41) is 6.06. The van der Waals surface area contributed by atoms with Gasteiger partial charge < -0.3 is 19.8 Å². The first-order chi connectivity index (χ1) is 12.2. The maximum absolute atomic E-state index is 12.0. The number of nitrogens with one attached hydrogen (secondary N) is 2. The first-order valence-corrected chi connectivity index (χ1v) is 8.05. The highest BCUT2D eigenvalue weighted by Gasteiger charge is 2.04. The van der Waals surface area contributed by atoms with Crippen LogP contribution in [0.3, 0.4) is 0 Å². The fourth-order valence-corrected chi connectivity index (χ4v) is 2.25. The fraction of sp³-hybridized carbons (Fsp3) is 0.150. The zero-order valence-corrected chi connectivity index (χ0v) is 14.0. The molecule has 2 N–H and O–H groups in total. The largest absolute Gasteiger partial charge is 0.484 e. The molecule has 0 radical (unpaired) electrons. The molecule has 3 rings (SSSR count). The number of furan rings is 1. The first-order valence-electron chi connectivity index (χ1n) is 8.05. The van der Waals surface area contributed by atoms with Crippen molar-refractivity contribution in [3.05, 3.63) is 78.3 Å². The molecule has 128 valence electrons. The third-order valence-electron chi connectivity index (χ3n) is 3.61. The number of rotatable bonds is 7. The van der Waals surface area contributed by atoms with Crippen LogP contribution in [0.2, 0.25) is 0 Å². The second-order valence-corrected chi connectivity index (χ2v) is 5.66. The van der Waals surface area contributed by atoms with Crippen LogP contribution >= 0.6 is 0 Å². The third kappa shape index (κ3) is 5.14. The van der Waals surface area contributed by atoms with Crippen LogP contribution in [0.5, 0.6) is 5.75 Å². The minimum absolute atomic E-state index is 0.0262. The second-order valence-electron chi connectivity index (χ2n) is 5.66. The average molecular weight is 336 g/mol. The van der Waals surface area contributed by atoms with Gasteiger partial charge in [0.25, 0.3) is 5.91 Å². The van der Waals surface area contributed by atoms with E-state index in [9.17, 15) is 4.79 Å². The van der Waals surface area contributed by atoms with E-state index < -0.39 is 0 Å². The number of amides is 1. The summed E-state index contributed by atoms with van der Waals surface area (Å²) in [4.78, 5) is 12.0. The lowest BCUT2D eigenvalue weighted by Gasteiger charge is -2.09. The van der Waals surface area contributed by atoms with Crippen molar-refractivity contribution in [2.45, 2.75) is 13.5 Å².